The molecular weight excluding hydrogens is 232 g/mol. The number of hydrogen-bond acceptors (Lipinski definition) is 3. The maximum absolute atomic E-state index is 12.1. The molecule has 0 fully saturated rings. The number of rotatable bonds is 3. The lowest BCUT2D eigenvalue weighted by Gasteiger charge is -2.15. The molecule has 2 rings (SSSR count). The van der Waals surface area contributed by atoms with Crippen molar-refractivity contribution in [1.29, 1.82) is 5.26 Å². The first kappa shape index (κ1) is 12.0. The highest BCUT2D eigenvalue weighted by Crippen LogP contribution is 2.39. The van der Waals surface area contributed by atoms with E-state index in [1.165, 1.54) is 4.90 Å². The van der Waals surface area contributed by atoms with E-state index >= 15 is 0 Å². The largest absolute Gasteiger partial charge is 0.352 e. The first-order valence-corrected chi connectivity index (χ1v) is 6.60. The fraction of sp³-hybridized carbons (Fsp3) is 0.385. The Morgan fingerprint density at radius 3 is 3.18 bits per heavy atom. The van der Waals surface area contributed by atoms with Crippen molar-refractivity contribution >= 4 is 17.7 Å². The van der Waals surface area contributed by atoms with E-state index in [4.69, 9.17) is 5.26 Å². The Hall–Kier alpha value is -1.47. The molecule has 1 amide bonds. The summed E-state index contributed by atoms with van der Waals surface area (Å²) in [5.41, 5.74) is 1.11. The van der Waals surface area contributed by atoms with Gasteiger partial charge in [0.25, 0.3) is 0 Å². The van der Waals surface area contributed by atoms with E-state index in [2.05, 4.69) is 11.4 Å². The Morgan fingerprint density at radius 2 is 2.41 bits per heavy atom. The first-order chi connectivity index (χ1) is 8.22. The molecule has 1 N–H and O–H groups in total. The standard InChI is InChI=1S/C13H14N2OS/c1-9(6-7-14)15-13(16)11-8-17-12-5-3-2-4-10(11)12/h2-5,9,11H,6,8H2,1H3,(H,15,16). The van der Waals surface area contributed by atoms with Crippen molar-refractivity contribution in [3.63, 3.8) is 0 Å². The van der Waals surface area contributed by atoms with Gasteiger partial charge in [0.2, 0.25) is 5.91 Å². The number of benzene rings is 1. The molecule has 17 heavy (non-hydrogen) atoms. The van der Waals surface area contributed by atoms with Crippen molar-refractivity contribution in [3.8, 4) is 6.07 Å². The fourth-order valence-electron chi connectivity index (χ4n) is 1.91. The molecule has 0 saturated carbocycles. The first-order valence-electron chi connectivity index (χ1n) is 5.61. The van der Waals surface area contributed by atoms with E-state index in [1.54, 1.807) is 11.8 Å². The molecule has 0 saturated heterocycles. The highest BCUT2D eigenvalue weighted by Gasteiger charge is 2.29. The lowest BCUT2D eigenvalue weighted by molar-refractivity contribution is -0.122. The number of nitrogens with one attached hydrogen (secondary N) is 1. The molecule has 0 aromatic heterocycles. The van der Waals surface area contributed by atoms with E-state index in [1.807, 2.05) is 31.2 Å². The second-order valence-electron chi connectivity index (χ2n) is 4.17. The van der Waals surface area contributed by atoms with Crippen molar-refractivity contribution in [2.24, 2.45) is 0 Å². The van der Waals surface area contributed by atoms with Crippen molar-refractivity contribution in [2.45, 2.75) is 30.2 Å². The van der Waals surface area contributed by atoms with Crippen LogP contribution in [0.2, 0.25) is 0 Å². The van der Waals surface area contributed by atoms with Crippen LogP contribution in [0.3, 0.4) is 0 Å². The molecule has 4 heteroatoms. The second kappa shape index (κ2) is 5.24. The predicted molar refractivity (Wildman–Crippen MR) is 67.7 cm³/mol. The van der Waals surface area contributed by atoms with Crippen LogP contribution in [0, 0.1) is 11.3 Å². The molecular formula is C13H14N2OS. The third kappa shape index (κ3) is 2.62. The summed E-state index contributed by atoms with van der Waals surface area (Å²) in [5, 5.41) is 11.5. The zero-order valence-electron chi connectivity index (χ0n) is 9.64. The van der Waals surface area contributed by atoms with E-state index in [-0.39, 0.29) is 17.9 Å². The van der Waals surface area contributed by atoms with Crippen LogP contribution in [0.4, 0.5) is 0 Å². The molecule has 0 radical (unpaired) electrons. The van der Waals surface area contributed by atoms with Gasteiger partial charge >= 0.3 is 0 Å². The van der Waals surface area contributed by atoms with Gasteiger partial charge in [-0.2, -0.15) is 5.26 Å². The molecule has 0 bridgehead atoms. The van der Waals surface area contributed by atoms with E-state index < -0.39 is 0 Å². The van der Waals surface area contributed by atoms with Gasteiger partial charge in [-0.15, -0.1) is 11.8 Å². The molecule has 0 aliphatic carbocycles. The van der Waals surface area contributed by atoms with Gasteiger partial charge in [-0.25, -0.2) is 0 Å². The summed E-state index contributed by atoms with van der Waals surface area (Å²) in [6.07, 6.45) is 0.354. The minimum absolute atomic E-state index is 0.0326. The highest BCUT2D eigenvalue weighted by atomic mass is 32.2. The monoisotopic (exact) mass is 246 g/mol. The minimum atomic E-state index is -0.0785. The van der Waals surface area contributed by atoms with Crippen molar-refractivity contribution in [3.05, 3.63) is 29.8 Å². The average Bonchev–Trinajstić information content (AvgIpc) is 2.72. The quantitative estimate of drug-likeness (QED) is 0.890. The molecule has 2 unspecified atom stereocenters. The summed E-state index contributed by atoms with van der Waals surface area (Å²) in [4.78, 5) is 13.3. The third-order valence-electron chi connectivity index (χ3n) is 2.80. The Balaban J connectivity index is 2.06. The van der Waals surface area contributed by atoms with Crippen LogP contribution in [0.15, 0.2) is 29.2 Å². The van der Waals surface area contributed by atoms with Crippen molar-refractivity contribution < 1.29 is 4.79 Å². The molecule has 88 valence electrons. The molecule has 3 nitrogen and oxygen atoms in total. The summed E-state index contributed by atoms with van der Waals surface area (Å²) in [5.74, 6) is 0.757. The summed E-state index contributed by atoms with van der Waals surface area (Å²) >= 11 is 1.72. The van der Waals surface area contributed by atoms with Crippen LogP contribution >= 0.6 is 11.8 Å². The van der Waals surface area contributed by atoms with Gasteiger partial charge in [-0.1, -0.05) is 18.2 Å². The Kier molecular flexibility index (Phi) is 3.70. The summed E-state index contributed by atoms with van der Waals surface area (Å²) in [6, 6.07) is 9.99. The average molecular weight is 246 g/mol. The number of carbonyl (C=O) groups excluding carboxylic acids is 1. The number of hydrogen-bond donors (Lipinski definition) is 1. The van der Waals surface area contributed by atoms with E-state index in [0.717, 1.165) is 11.3 Å². The third-order valence-corrected chi connectivity index (χ3v) is 3.99. The van der Waals surface area contributed by atoms with Gasteiger partial charge in [-0.05, 0) is 18.6 Å². The Labute approximate surface area is 105 Å². The van der Waals surface area contributed by atoms with Crippen molar-refractivity contribution in [2.75, 3.05) is 5.75 Å². The highest BCUT2D eigenvalue weighted by molar-refractivity contribution is 7.99. The smallest absolute Gasteiger partial charge is 0.228 e. The van der Waals surface area contributed by atoms with Crippen LogP contribution in [-0.2, 0) is 4.79 Å². The fourth-order valence-corrected chi connectivity index (χ4v) is 3.14. The maximum atomic E-state index is 12.1. The summed E-state index contributed by atoms with van der Waals surface area (Å²) in [6.45, 7) is 1.86. The zero-order valence-corrected chi connectivity index (χ0v) is 10.5. The number of nitrogens with zero attached hydrogens (tertiary/aromatic N) is 1. The van der Waals surface area contributed by atoms with Gasteiger partial charge in [0.05, 0.1) is 18.4 Å². The molecule has 1 aromatic carbocycles. The number of fused-ring (bicyclic) bond motifs is 1. The summed E-state index contributed by atoms with van der Waals surface area (Å²) in [7, 11) is 0. The molecule has 1 aliphatic rings. The normalized spacial score (nSPS) is 19.2. The molecule has 0 spiro atoms. The Morgan fingerprint density at radius 1 is 1.65 bits per heavy atom. The van der Waals surface area contributed by atoms with E-state index in [9.17, 15) is 4.79 Å². The lowest BCUT2D eigenvalue weighted by atomic mass is 10.00. The van der Waals surface area contributed by atoms with E-state index in [0.29, 0.717) is 6.42 Å². The topological polar surface area (TPSA) is 52.9 Å². The van der Waals surface area contributed by atoms with Crippen molar-refractivity contribution in [1.82, 2.24) is 5.32 Å². The van der Waals surface area contributed by atoms with Gasteiger partial charge in [0.15, 0.2) is 0 Å². The molecule has 1 aromatic rings. The molecule has 1 aliphatic heterocycles. The second-order valence-corrected chi connectivity index (χ2v) is 5.24. The minimum Gasteiger partial charge on any atom is -0.352 e. The molecule has 2 atom stereocenters. The zero-order chi connectivity index (χ0) is 12.3. The lowest BCUT2D eigenvalue weighted by Crippen LogP contribution is -2.36. The van der Waals surface area contributed by atoms with Gasteiger partial charge < -0.3 is 5.32 Å². The van der Waals surface area contributed by atoms with Crippen LogP contribution in [0.1, 0.15) is 24.8 Å². The SMILES string of the molecule is CC(CC#N)NC(=O)C1CSc2ccccc21. The number of nitriles is 1. The number of thioether (sulfide) groups is 1. The number of amides is 1. The number of carbonyl (C=O) groups is 1. The van der Waals surface area contributed by atoms with Crippen LogP contribution in [0.25, 0.3) is 0 Å². The predicted octanol–water partition coefficient (Wildman–Crippen LogP) is 2.29. The summed E-state index contributed by atoms with van der Waals surface area (Å²) < 4.78 is 0. The van der Waals surface area contributed by atoms with Gasteiger partial charge in [0.1, 0.15) is 0 Å². The van der Waals surface area contributed by atoms with Crippen LogP contribution < -0.4 is 5.32 Å². The molecule has 1 heterocycles. The van der Waals surface area contributed by atoms with Gasteiger partial charge in [0, 0.05) is 16.7 Å². The van der Waals surface area contributed by atoms with Gasteiger partial charge in [-0.3, -0.25) is 4.79 Å². The van der Waals surface area contributed by atoms with Crippen LogP contribution in [0.5, 0.6) is 0 Å². The van der Waals surface area contributed by atoms with Crippen LogP contribution in [-0.4, -0.2) is 17.7 Å². The maximum Gasteiger partial charge on any atom is 0.228 e. The Bertz CT molecular complexity index is 467.